The molecular weight excluding hydrogens is 166 g/mol. The first-order valence-corrected chi connectivity index (χ1v) is 4.50. The summed E-state index contributed by atoms with van der Waals surface area (Å²) in [5.41, 5.74) is -0.448. The fourth-order valence-electron chi connectivity index (χ4n) is 2.80. The third kappa shape index (κ3) is 0.831. The van der Waals surface area contributed by atoms with Crippen molar-refractivity contribution in [2.75, 3.05) is 0 Å². The van der Waals surface area contributed by atoms with Gasteiger partial charge in [-0.05, 0) is 18.3 Å². The fraction of sp³-hybridized carbons (Fsp3) is 0.800. The standard InChI is InChI=1S/C10H14O2.H3N/c1-9(2)6-4-5-10(9,3)8(12)7(6)11;/h6H,4-5H2,1-3H3;1H3. The Kier molecular flexibility index (Phi) is 1.93. The predicted octanol–water partition coefficient (Wildman–Crippen LogP) is 1.74. The van der Waals surface area contributed by atoms with Gasteiger partial charge in [-0.3, -0.25) is 9.59 Å². The Labute approximate surface area is 78.5 Å². The zero-order valence-corrected chi connectivity index (χ0v) is 8.52. The van der Waals surface area contributed by atoms with E-state index in [4.69, 9.17) is 0 Å². The first kappa shape index (κ1) is 10.4. The van der Waals surface area contributed by atoms with Crippen LogP contribution in [-0.2, 0) is 9.59 Å². The largest absolute Gasteiger partial charge is 0.344 e. The normalized spacial score (nSPS) is 40.7. The number of rotatable bonds is 0. The third-order valence-corrected chi connectivity index (χ3v) is 4.27. The van der Waals surface area contributed by atoms with Crippen molar-refractivity contribution in [3.63, 3.8) is 0 Å². The minimum atomic E-state index is -0.352. The van der Waals surface area contributed by atoms with Crippen molar-refractivity contribution in [2.24, 2.45) is 16.7 Å². The summed E-state index contributed by atoms with van der Waals surface area (Å²) in [5, 5.41) is 0. The van der Waals surface area contributed by atoms with Crippen molar-refractivity contribution in [2.45, 2.75) is 33.6 Å². The lowest BCUT2D eigenvalue weighted by molar-refractivity contribution is -0.141. The highest BCUT2D eigenvalue weighted by molar-refractivity contribution is 6.43. The Morgan fingerprint density at radius 1 is 1.23 bits per heavy atom. The minimum Gasteiger partial charge on any atom is -0.344 e. The van der Waals surface area contributed by atoms with Gasteiger partial charge in [0.25, 0.3) is 0 Å². The van der Waals surface area contributed by atoms with Crippen LogP contribution < -0.4 is 6.15 Å². The second-order valence-electron chi connectivity index (χ2n) is 4.84. The number of fused-ring (bicyclic) bond motifs is 2. The molecule has 2 fully saturated rings. The molecule has 2 rings (SSSR count). The molecule has 3 N–H and O–H groups in total. The van der Waals surface area contributed by atoms with Crippen LogP contribution in [0.15, 0.2) is 0 Å². The molecule has 13 heavy (non-hydrogen) atoms. The summed E-state index contributed by atoms with van der Waals surface area (Å²) < 4.78 is 0. The minimum absolute atomic E-state index is 0. The van der Waals surface area contributed by atoms with Crippen molar-refractivity contribution in [1.29, 1.82) is 0 Å². The first-order valence-electron chi connectivity index (χ1n) is 4.50. The lowest BCUT2D eigenvalue weighted by atomic mass is 9.70. The van der Waals surface area contributed by atoms with Gasteiger partial charge in [0.15, 0.2) is 0 Å². The van der Waals surface area contributed by atoms with Crippen LogP contribution in [0, 0.1) is 16.7 Å². The average Bonchev–Trinajstić information content (AvgIpc) is 2.26. The van der Waals surface area contributed by atoms with Gasteiger partial charge in [-0.15, -0.1) is 0 Å². The van der Waals surface area contributed by atoms with Crippen LogP contribution in [0.25, 0.3) is 0 Å². The Morgan fingerprint density at radius 2 is 1.77 bits per heavy atom. The summed E-state index contributed by atoms with van der Waals surface area (Å²) in [4.78, 5) is 23.0. The van der Waals surface area contributed by atoms with Crippen molar-refractivity contribution < 1.29 is 9.59 Å². The van der Waals surface area contributed by atoms with E-state index in [1.165, 1.54) is 0 Å². The van der Waals surface area contributed by atoms with E-state index in [0.717, 1.165) is 12.8 Å². The van der Waals surface area contributed by atoms with Crippen LogP contribution in [0.1, 0.15) is 33.6 Å². The number of carbonyl (C=O) groups is 2. The molecule has 2 atom stereocenters. The quantitative estimate of drug-likeness (QED) is 0.581. The summed E-state index contributed by atoms with van der Waals surface area (Å²) >= 11 is 0. The molecule has 74 valence electrons. The molecule has 0 aromatic rings. The van der Waals surface area contributed by atoms with Crippen molar-refractivity contribution in [1.82, 2.24) is 6.15 Å². The lowest BCUT2D eigenvalue weighted by Gasteiger charge is -2.31. The second kappa shape index (κ2) is 2.41. The molecule has 0 spiro atoms. The maximum Gasteiger partial charge on any atom is 0.205 e. The molecule has 2 unspecified atom stereocenters. The van der Waals surface area contributed by atoms with Gasteiger partial charge in [0.2, 0.25) is 11.6 Å². The molecule has 2 saturated carbocycles. The number of Topliss-reactive ketones (excluding diaryl/α,β-unsaturated/α-hetero) is 2. The van der Waals surface area contributed by atoms with Crippen molar-refractivity contribution in [3.8, 4) is 0 Å². The van der Waals surface area contributed by atoms with E-state index >= 15 is 0 Å². The van der Waals surface area contributed by atoms with E-state index in [9.17, 15) is 9.59 Å². The highest BCUT2D eigenvalue weighted by Crippen LogP contribution is 2.61. The molecule has 0 saturated heterocycles. The number of ketones is 2. The summed E-state index contributed by atoms with van der Waals surface area (Å²) in [6.45, 7) is 6.04. The van der Waals surface area contributed by atoms with Crippen LogP contribution in [-0.4, -0.2) is 11.6 Å². The highest BCUT2D eigenvalue weighted by atomic mass is 16.2. The van der Waals surface area contributed by atoms with E-state index in [1.54, 1.807) is 0 Å². The maximum atomic E-state index is 11.6. The van der Waals surface area contributed by atoms with Gasteiger partial charge in [-0.25, -0.2) is 0 Å². The molecule has 0 amide bonds. The van der Waals surface area contributed by atoms with Gasteiger partial charge in [-0.1, -0.05) is 20.8 Å². The topological polar surface area (TPSA) is 69.1 Å². The van der Waals surface area contributed by atoms with Crippen LogP contribution >= 0.6 is 0 Å². The molecular formula is C10H17NO2. The lowest BCUT2D eigenvalue weighted by Crippen LogP contribution is -2.33. The molecule has 0 aromatic carbocycles. The molecule has 0 aliphatic heterocycles. The average molecular weight is 183 g/mol. The maximum absolute atomic E-state index is 11.6. The van der Waals surface area contributed by atoms with Crippen LogP contribution in [0.4, 0.5) is 0 Å². The van der Waals surface area contributed by atoms with Gasteiger partial charge < -0.3 is 6.15 Å². The number of hydrogen-bond donors (Lipinski definition) is 1. The van der Waals surface area contributed by atoms with Crippen LogP contribution in [0.2, 0.25) is 0 Å². The second-order valence-corrected chi connectivity index (χ2v) is 4.84. The van der Waals surface area contributed by atoms with E-state index < -0.39 is 0 Å². The Bertz CT molecular complexity index is 283. The zero-order chi connectivity index (χ0) is 9.15. The molecule has 3 heteroatoms. The molecule has 2 aliphatic rings. The summed E-state index contributed by atoms with van der Waals surface area (Å²) in [7, 11) is 0. The smallest absolute Gasteiger partial charge is 0.205 e. The Morgan fingerprint density at radius 3 is 2.00 bits per heavy atom. The number of hydrogen-bond acceptors (Lipinski definition) is 3. The Hall–Kier alpha value is -0.700. The molecule has 3 nitrogen and oxygen atoms in total. The van der Waals surface area contributed by atoms with Gasteiger partial charge in [0, 0.05) is 11.3 Å². The summed E-state index contributed by atoms with van der Waals surface area (Å²) in [5.74, 6) is -0.229. The van der Waals surface area contributed by atoms with E-state index in [2.05, 4.69) is 0 Å². The van der Waals surface area contributed by atoms with Crippen LogP contribution in [0.3, 0.4) is 0 Å². The van der Waals surface area contributed by atoms with Gasteiger partial charge in [0.05, 0.1) is 0 Å². The van der Waals surface area contributed by atoms with Crippen molar-refractivity contribution in [3.05, 3.63) is 0 Å². The van der Waals surface area contributed by atoms with E-state index in [-0.39, 0.29) is 34.5 Å². The third-order valence-electron chi connectivity index (χ3n) is 4.27. The van der Waals surface area contributed by atoms with E-state index in [0.29, 0.717) is 0 Å². The summed E-state index contributed by atoms with van der Waals surface area (Å²) in [6, 6.07) is 0. The summed E-state index contributed by atoms with van der Waals surface area (Å²) in [6.07, 6.45) is 1.81. The molecule has 2 bridgehead atoms. The van der Waals surface area contributed by atoms with Gasteiger partial charge >= 0.3 is 0 Å². The first-order chi connectivity index (χ1) is 5.41. The molecule has 0 radical (unpaired) electrons. The van der Waals surface area contributed by atoms with Crippen molar-refractivity contribution >= 4 is 11.6 Å². The molecule has 2 aliphatic carbocycles. The SMILES string of the molecule is CC12CCC(C(=O)C1=O)C2(C)C.N. The monoisotopic (exact) mass is 183 g/mol. The van der Waals surface area contributed by atoms with E-state index in [1.807, 2.05) is 20.8 Å². The highest BCUT2D eigenvalue weighted by Gasteiger charge is 2.66. The number of carbonyl (C=O) groups excluding carboxylic acids is 2. The van der Waals surface area contributed by atoms with Crippen LogP contribution in [0.5, 0.6) is 0 Å². The predicted molar refractivity (Wildman–Crippen MR) is 49.6 cm³/mol. The fourth-order valence-corrected chi connectivity index (χ4v) is 2.80. The van der Waals surface area contributed by atoms with Gasteiger partial charge in [0.1, 0.15) is 0 Å². The molecule has 0 aromatic heterocycles. The molecule has 0 heterocycles. The Balaban J connectivity index is 0.000000845. The van der Waals surface area contributed by atoms with Gasteiger partial charge in [-0.2, -0.15) is 0 Å². The zero-order valence-electron chi connectivity index (χ0n) is 8.52.